The van der Waals surface area contributed by atoms with Crippen molar-refractivity contribution < 1.29 is 19.1 Å². The van der Waals surface area contributed by atoms with Crippen LogP contribution in [0.15, 0.2) is 48.5 Å². The first kappa shape index (κ1) is 21.7. The average molecular weight is 474 g/mol. The van der Waals surface area contributed by atoms with Crippen molar-refractivity contribution in [2.24, 2.45) is 0 Å². The fraction of sp³-hybridized carbons (Fsp3) is 0.143. The molecule has 1 aromatic heterocycles. The van der Waals surface area contributed by atoms with Crippen molar-refractivity contribution in [2.75, 3.05) is 10.6 Å². The van der Waals surface area contributed by atoms with Gasteiger partial charge in [0.1, 0.15) is 11.1 Å². The highest BCUT2D eigenvalue weighted by atomic mass is 35.5. The van der Waals surface area contributed by atoms with Gasteiger partial charge in [-0.3, -0.25) is 14.7 Å². The van der Waals surface area contributed by atoms with Gasteiger partial charge in [0, 0.05) is 5.69 Å². The number of H-pyrrole nitrogens is 1. The lowest BCUT2D eigenvalue weighted by Crippen LogP contribution is -2.44. The Morgan fingerprint density at radius 2 is 1.84 bits per heavy atom. The van der Waals surface area contributed by atoms with Crippen molar-refractivity contribution >= 4 is 52.6 Å². The number of benzene rings is 2. The van der Waals surface area contributed by atoms with Crippen molar-refractivity contribution in [1.82, 2.24) is 15.5 Å². The van der Waals surface area contributed by atoms with E-state index in [1.807, 2.05) is 18.2 Å². The Morgan fingerprint density at radius 3 is 2.66 bits per heavy atom. The summed E-state index contributed by atoms with van der Waals surface area (Å²) in [6.07, 6.45) is 0.0839. The number of fused-ring (bicyclic) bond motifs is 1. The van der Waals surface area contributed by atoms with Crippen molar-refractivity contribution in [1.29, 1.82) is 0 Å². The van der Waals surface area contributed by atoms with E-state index in [0.29, 0.717) is 18.5 Å². The molecule has 9 nitrogen and oxygen atoms in total. The summed E-state index contributed by atoms with van der Waals surface area (Å²) in [5.74, 6) is -1.10. The molecule has 2 heterocycles. The summed E-state index contributed by atoms with van der Waals surface area (Å²) >= 11 is 12.2. The minimum Gasteiger partial charge on any atom is -0.388 e. The normalized spacial score (nSPS) is 15.2. The highest BCUT2D eigenvalue weighted by molar-refractivity contribution is 6.36. The second kappa shape index (κ2) is 9.29. The minimum atomic E-state index is -0.909. The number of nitrogens with zero attached hydrogens (tertiary/aromatic N) is 1. The van der Waals surface area contributed by atoms with E-state index in [1.54, 1.807) is 30.3 Å². The third-order valence-electron chi connectivity index (χ3n) is 4.81. The van der Waals surface area contributed by atoms with Gasteiger partial charge in [-0.2, -0.15) is 0 Å². The quantitative estimate of drug-likeness (QED) is 0.455. The van der Waals surface area contributed by atoms with E-state index in [4.69, 9.17) is 27.9 Å². The zero-order chi connectivity index (χ0) is 22.7. The van der Waals surface area contributed by atoms with Crippen LogP contribution in [-0.4, -0.2) is 34.1 Å². The summed E-state index contributed by atoms with van der Waals surface area (Å²) in [5.41, 5.74) is 1.93. The maximum absolute atomic E-state index is 12.4. The van der Waals surface area contributed by atoms with Crippen molar-refractivity contribution in [3.8, 4) is 5.88 Å². The van der Waals surface area contributed by atoms with E-state index in [2.05, 4.69) is 26.1 Å². The lowest BCUT2D eigenvalue weighted by atomic mass is 10.1. The Kier molecular flexibility index (Phi) is 6.29. The summed E-state index contributed by atoms with van der Waals surface area (Å²) in [4.78, 5) is 37.1. The van der Waals surface area contributed by atoms with Crippen LogP contribution in [0.3, 0.4) is 0 Å². The van der Waals surface area contributed by atoms with Gasteiger partial charge in [0.2, 0.25) is 5.91 Å². The van der Waals surface area contributed by atoms with Gasteiger partial charge in [0.05, 0.1) is 10.6 Å². The molecule has 0 saturated carbocycles. The molecule has 1 aliphatic rings. The monoisotopic (exact) mass is 473 g/mol. The molecule has 4 N–H and O–H groups in total. The van der Waals surface area contributed by atoms with Gasteiger partial charge >= 0.3 is 6.09 Å². The van der Waals surface area contributed by atoms with Crippen LogP contribution in [0.5, 0.6) is 5.88 Å². The van der Waals surface area contributed by atoms with Crippen molar-refractivity contribution in [2.45, 2.75) is 18.9 Å². The standard InChI is InChI=1S/C21H17Cl2N5O4/c22-13-7-3-2-6-12(13)18(29)26-17-16(23)20(28-27-17)32-21(31)25-15-10-9-11-5-1-4-8-14(11)24-19(15)30/h1-8,15H,9-10H2,(H,24,30)(H,25,31)(H2,26,27,28,29). The van der Waals surface area contributed by atoms with Crippen LogP contribution < -0.4 is 20.7 Å². The third-order valence-corrected chi connectivity index (χ3v) is 5.49. The lowest BCUT2D eigenvalue weighted by molar-refractivity contribution is -0.118. The van der Waals surface area contributed by atoms with Crippen LogP contribution in [-0.2, 0) is 11.2 Å². The highest BCUT2D eigenvalue weighted by Crippen LogP contribution is 2.30. The molecule has 0 bridgehead atoms. The fourth-order valence-corrected chi connectivity index (χ4v) is 3.59. The largest absolute Gasteiger partial charge is 0.414 e. The molecule has 0 spiro atoms. The zero-order valence-corrected chi connectivity index (χ0v) is 18.0. The Hall–Kier alpha value is -3.56. The maximum Gasteiger partial charge on any atom is 0.414 e. The lowest BCUT2D eigenvalue weighted by Gasteiger charge is -2.14. The Labute approximate surface area is 192 Å². The molecule has 3 aromatic rings. The number of aromatic amines is 1. The first-order chi connectivity index (χ1) is 15.4. The van der Waals surface area contributed by atoms with E-state index in [9.17, 15) is 14.4 Å². The number of hydrogen-bond acceptors (Lipinski definition) is 5. The zero-order valence-electron chi connectivity index (χ0n) is 16.4. The molecule has 0 saturated heterocycles. The van der Waals surface area contributed by atoms with Crippen LogP contribution in [0, 0.1) is 0 Å². The number of carbonyl (C=O) groups is 3. The predicted octanol–water partition coefficient (Wildman–Crippen LogP) is 4.01. The third kappa shape index (κ3) is 4.68. The number of aromatic nitrogens is 2. The molecular weight excluding hydrogens is 457 g/mol. The fourth-order valence-electron chi connectivity index (χ4n) is 3.20. The average Bonchev–Trinajstić information content (AvgIpc) is 3.01. The second-order valence-corrected chi connectivity index (χ2v) is 7.71. The smallest absolute Gasteiger partial charge is 0.388 e. The molecule has 1 atom stereocenters. The van der Waals surface area contributed by atoms with Crippen LogP contribution >= 0.6 is 23.2 Å². The Morgan fingerprint density at radius 1 is 1.09 bits per heavy atom. The first-order valence-electron chi connectivity index (χ1n) is 9.59. The maximum atomic E-state index is 12.4. The molecule has 2 aromatic carbocycles. The number of para-hydroxylation sites is 1. The van der Waals surface area contributed by atoms with Gasteiger partial charge in [-0.15, -0.1) is 5.10 Å². The number of nitrogens with one attached hydrogen (secondary N) is 4. The van der Waals surface area contributed by atoms with E-state index in [1.165, 1.54) is 0 Å². The molecule has 0 fully saturated rings. The second-order valence-electron chi connectivity index (χ2n) is 6.92. The number of rotatable bonds is 4. The van der Waals surface area contributed by atoms with Crippen LogP contribution in [0.4, 0.5) is 16.3 Å². The number of anilines is 2. The molecule has 3 amide bonds. The summed E-state index contributed by atoms with van der Waals surface area (Å²) < 4.78 is 5.12. The van der Waals surface area contributed by atoms with Gasteiger partial charge in [-0.25, -0.2) is 4.79 Å². The Balaban J connectivity index is 1.38. The van der Waals surface area contributed by atoms with E-state index in [-0.39, 0.29) is 33.2 Å². The SMILES string of the molecule is O=C(NC1CCc2ccccc2NC1=O)Oc1n[nH]c(NC(=O)c2ccccc2Cl)c1Cl. The van der Waals surface area contributed by atoms with Gasteiger partial charge in [0.15, 0.2) is 5.82 Å². The predicted molar refractivity (Wildman–Crippen MR) is 119 cm³/mol. The number of ether oxygens (including phenoxy) is 1. The summed E-state index contributed by atoms with van der Waals surface area (Å²) in [7, 11) is 0. The summed E-state index contributed by atoms with van der Waals surface area (Å²) in [6, 6.07) is 13.1. The highest BCUT2D eigenvalue weighted by Gasteiger charge is 2.27. The van der Waals surface area contributed by atoms with E-state index in [0.717, 1.165) is 5.56 Å². The summed E-state index contributed by atoms with van der Waals surface area (Å²) in [6.45, 7) is 0. The number of halogens is 2. The molecule has 1 unspecified atom stereocenters. The minimum absolute atomic E-state index is 0.0297. The van der Waals surface area contributed by atoms with E-state index >= 15 is 0 Å². The van der Waals surface area contributed by atoms with Crippen LogP contribution in [0.25, 0.3) is 0 Å². The van der Waals surface area contributed by atoms with Crippen LogP contribution in [0.2, 0.25) is 10.0 Å². The number of hydrogen-bond donors (Lipinski definition) is 4. The van der Waals surface area contributed by atoms with E-state index < -0.39 is 18.0 Å². The van der Waals surface area contributed by atoms with Gasteiger partial charge in [0.25, 0.3) is 11.8 Å². The first-order valence-corrected chi connectivity index (χ1v) is 10.3. The van der Waals surface area contributed by atoms with Gasteiger partial charge in [-0.05, 0) is 36.6 Å². The molecule has 11 heteroatoms. The Bertz CT molecular complexity index is 1200. The topological polar surface area (TPSA) is 125 Å². The molecule has 0 aliphatic carbocycles. The number of aryl methyl sites for hydroxylation is 1. The van der Waals surface area contributed by atoms with Gasteiger partial charge in [-0.1, -0.05) is 53.5 Å². The number of carbonyl (C=O) groups excluding carboxylic acids is 3. The molecule has 0 radical (unpaired) electrons. The molecular formula is C21H17Cl2N5O4. The van der Waals surface area contributed by atoms with Crippen LogP contribution in [0.1, 0.15) is 22.3 Å². The van der Waals surface area contributed by atoms with Gasteiger partial charge < -0.3 is 20.7 Å². The summed E-state index contributed by atoms with van der Waals surface area (Å²) in [5, 5.41) is 14.3. The number of amides is 3. The molecule has 164 valence electrons. The molecule has 1 aliphatic heterocycles. The molecule has 4 rings (SSSR count). The molecule has 32 heavy (non-hydrogen) atoms. The van der Waals surface area contributed by atoms with Crippen molar-refractivity contribution in [3.63, 3.8) is 0 Å². The van der Waals surface area contributed by atoms with Crippen molar-refractivity contribution in [3.05, 3.63) is 69.7 Å².